The summed E-state index contributed by atoms with van der Waals surface area (Å²) in [5, 5.41) is 8.43. The van der Waals surface area contributed by atoms with Crippen molar-refractivity contribution in [3.8, 4) is 0 Å². The van der Waals surface area contributed by atoms with Crippen molar-refractivity contribution < 1.29 is 10.0 Å². The van der Waals surface area contributed by atoms with Gasteiger partial charge in [-0.15, -0.1) is 0 Å². The minimum Gasteiger partial charge on any atom is -0.295 e. The fraction of sp³-hybridized carbons (Fsp3) is 0.588. The number of hydrogen-bond acceptors (Lipinski definition) is 3. The summed E-state index contributed by atoms with van der Waals surface area (Å²) in [5.74, 6) is 1.07. The summed E-state index contributed by atoms with van der Waals surface area (Å²) in [5.41, 5.74) is 3.81. The van der Waals surface area contributed by atoms with Crippen LogP contribution in [0.5, 0.6) is 0 Å². The van der Waals surface area contributed by atoms with Crippen molar-refractivity contribution in [1.82, 2.24) is 0 Å². The zero-order valence-corrected chi connectivity index (χ0v) is 13.7. The molecule has 0 atom stereocenters. The van der Waals surface area contributed by atoms with Gasteiger partial charge in [0.2, 0.25) is 0 Å². The number of Topliss-reactive ketones (excluding diaryl/α,β-unsaturated/α-hetero) is 1. The van der Waals surface area contributed by atoms with Crippen LogP contribution in [0.25, 0.3) is 0 Å². The van der Waals surface area contributed by atoms with Crippen molar-refractivity contribution in [2.24, 2.45) is 11.3 Å². The molecule has 1 aromatic rings. The van der Waals surface area contributed by atoms with Crippen LogP contribution in [0.15, 0.2) is 24.3 Å². The first-order valence-corrected chi connectivity index (χ1v) is 7.35. The van der Waals surface area contributed by atoms with E-state index < -0.39 is 0 Å². The molecule has 2 N–H and O–H groups in total. The molecule has 114 valence electrons. The van der Waals surface area contributed by atoms with Crippen LogP contribution in [0, 0.1) is 11.3 Å². The van der Waals surface area contributed by atoms with E-state index in [1.165, 1.54) is 19.8 Å². The average molecular weight is 279 g/mol. The van der Waals surface area contributed by atoms with Gasteiger partial charge < -0.3 is 0 Å². The van der Waals surface area contributed by atoms with Gasteiger partial charge in [-0.2, -0.15) is 0 Å². The summed E-state index contributed by atoms with van der Waals surface area (Å²) in [4.78, 5) is 10.8. The van der Waals surface area contributed by atoms with Crippen LogP contribution in [0.2, 0.25) is 0 Å². The van der Waals surface area contributed by atoms with Gasteiger partial charge >= 0.3 is 0 Å². The quantitative estimate of drug-likeness (QED) is 0.580. The molecule has 0 aliphatic heterocycles. The molecular formula is C17H29NO2. The minimum absolute atomic E-state index is 0.0227. The highest BCUT2D eigenvalue weighted by atomic mass is 16.5. The molecule has 0 saturated heterocycles. The molecule has 3 nitrogen and oxygen atoms in total. The lowest BCUT2D eigenvalue weighted by molar-refractivity contribution is 0.101. The van der Waals surface area contributed by atoms with Crippen LogP contribution in [-0.2, 0) is 0 Å². The first-order chi connectivity index (χ1) is 9.34. The van der Waals surface area contributed by atoms with Crippen LogP contribution < -0.4 is 5.48 Å². The lowest BCUT2D eigenvalue weighted by Gasteiger charge is -2.15. The molecule has 0 heterocycles. The van der Waals surface area contributed by atoms with E-state index >= 15 is 0 Å². The van der Waals surface area contributed by atoms with E-state index in [1.54, 1.807) is 24.3 Å². The van der Waals surface area contributed by atoms with Gasteiger partial charge in [-0.25, -0.2) is 0 Å². The van der Waals surface area contributed by atoms with Gasteiger partial charge in [0.05, 0.1) is 5.69 Å². The van der Waals surface area contributed by atoms with E-state index in [0.29, 0.717) is 16.7 Å². The third kappa shape index (κ3) is 7.29. The Morgan fingerprint density at radius 1 is 1.15 bits per heavy atom. The minimum atomic E-state index is 0.0227. The summed E-state index contributed by atoms with van der Waals surface area (Å²) in [7, 11) is 0. The fourth-order valence-corrected chi connectivity index (χ4v) is 1.73. The van der Waals surface area contributed by atoms with Crippen LogP contribution in [-0.4, -0.2) is 11.0 Å². The molecule has 1 aliphatic carbocycles. The number of ketones is 1. The van der Waals surface area contributed by atoms with Gasteiger partial charge in [0.1, 0.15) is 0 Å². The molecule has 2 rings (SSSR count). The van der Waals surface area contributed by atoms with Crippen molar-refractivity contribution >= 4 is 11.5 Å². The zero-order chi connectivity index (χ0) is 15.8. The highest BCUT2D eigenvalue weighted by molar-refractivity contribution is 5.94. The third-order valence-corrected chi connectivity index (χ3v) is 3.22. The molecule has 3 heteroatoms. The smallest absolute Gasteiger partial charge is 0.159 e. The molecule has 20 heavy (non-hydrogen) atoms. The summed E-state index contributed by atoms with van der Waals surface area (Å²) >= 11 is 0. The first-order valence-electron chi connectivity index (χ1n) is 7.35. The maximum atomic E-state index is 10.8. The van der Waals surface area contributed by atoms with Crippen molar-refractivity contribution in [2.45, 2.75) is 54.4 Å². The van der Waals surface area contributed by atoms with E-state index in [1.807, 2.05) is 19.3 Å². The molecule has 1 saturated carbocycles. The lowest BCUT2D eigenvalue weighted by Crippen LogP contribution is -2.06. The molecule has 0 radical (unpaired) electrons. The first kappa shape index (κ1) is 18.7. The Morgan fingerprint density at radius 3 is 1.80 bits per heavy atom. The zero-order valence-electron chi connectivity index (χ0n) is 13.7. The van der Waals surface area contributed by atoms with Crippen molar-refractivity contribution in [3.63, 3.8) is 0 Å². The number of nitrogens with one attached hydrogen (secondary N) is 1. The summed E-state index contributed by atoms with van der Waals surface area (Å²) < 4.78 is 0. The molecule has 1 aliphatic rings. The maximum Gasteiger partial charge on any atom is 0.159 e. The molecule has 0 aromatic heterocycles. The van der Waals surface area contributed by atoms with Gasteiger partial charge in [0.25, 0.3) is 0 Å². The van der Waals surface area contributed by atoms with Gasteiger partial charge in [-0.1, -0.05) is 34.6 Å². The predicted octanol–water partition coefficient (Wildman–Crippen LogP) is 5.16. The van der Waals surface area contributed by atoms with E-state index in [2.05, 4.69) is 20.8 Å². The SMILES string of the molecule is CC.CC(=O)c1ccc(NO)cc1.CC(C)(C)C1CC1. The van der Waals surface area contributed by atoms with E-state index in [9.17, 15) is 4.79 Å². The van der Waals surface area contributed by atoms with Crippen molar-refractivity contribution in [3.05, 3.63) is 29.8 Å². The Morgan fingerprint density at radius 2 is 1.60 bits per heavy atom. The van der Waals surface area contributed by atoms with Gasteiger partial charge in [-0.3, -0.25) is 15.5 Å². The second-order valence-electron chi connectivity index (χ2n) is 5.89. The average Bonchev–Trinajstić information content (AvgIpc) is 3.26. The Bertz CT molecular complexity index is 386. The fourth-order valence-electron chi connectivity index (χ4n) is 1.73. The monoisotopic (exact) mass is 279 g/mol. The van der Waals surface area contributed by atoms with Gasteiger partial charge in [0.15, 0.2) is 5.78 Å². The normalized spacial score (nSPS) is 13.3. The largest absolute Gasteiger partial charge is 0.295 e. The molecule has 0 unspecified atom stereocenters. The van der Waals surface area contributed by atoms with Crippen molar-refractivity contribution in [2.75, 3.05) is 5.48 Å². The summed E-state index contributed by atoms with van der Waals surface area (Å²) in [6, 6.07) is 6.58. The Kier molecular flexibility index (Phi) is 8.16. The number of carbonyl (C=O) groups is 1. The second kappa shape index (κ2) is 8.75. The summed E-state index contributed by atoms with van der Waals surface area (Å²) in [6.45, 7) is 12.5. The predicted molar refractivity (Wildman–Crippen MR) is 85.4 cm³/mol. The highest BCUT2D eigenvalue weighted by Crippen LogP contribution is 2.44. The number of benzene rings is 1. The Labute approximate surface area is 123 Å². The van der Waals surface area contributed by atoms with E-state index in [4.69, 9.17) is 5.21 Å². The van der Waals surface area contributed by atoms with E-state index in [-0.39, 0.29) is 5.78 Å². The molecule has 0 amide bonds. The molecular weight excluding hydrogens is 250 g/mol. The van der Waals surface area contributed by atoms with Crippen LogP contribution in [0.4, 0.5) is 5.69 Å². The number of anilines is 1. The highest BCUT2D eigenvalue weighted by Gasteiger charge is 2.33. The molecule has 1 aromatic carbocycles. The third-order valence-electron chi connectivity index (χ3n) is 3.22. The number of hydrogen-bond donors (Lipinski definition) is 2. The lowest BCUT2D eigenvalue weighted by atomic mass is 9.91. The van der Waals surface area contributed by atoms with E-state index in [0.717, 1.165) is 5.92 Å². The van der Waals surface area contributed by atoms with Gasteiger partial charge in [-0.05, 0) is 55.4 Å². The standard InChI is InChI=1S/C8H9NO2.C7H14.C2H6/c1-6(10)7-2-4-8(9-11)5-3-7;1-7(2,3)6-4-5-6;1-2/h2-5,9,11H,1H3;6H,4-5H2,1-3H3;1-2H3. The molecule has 1 fully saturated rings. The van der Waals surface area contributed by atoms with Crippen LogP contribution in [0.1, 0.15) is 64.7 Å². The molecule has 0 bridgehead atoms. The van der Waals surface area contributed by atoms with Crippen LogP contribution >= 0.6 is 0 Å². The number of carbonyl (C=O) groups excluding carboxylic acids is 1. The Hall–Kier alpha value is -1.35. The Balaban J connectivity index is 0.000000345. The maximum absolute atomic E-state index is 10.8. The number of rotatable bonds is 2. The second-order valence-corrected chi connectivity index (χ2v) is 5.89. The molecule has 0 spiro atoms. The van der Waals surface area contributed by atoms with Gasteiger partial charge in [0, 0.05) is 5.56 Å². The topological polar surface area (TPSA) is 49.3 Å². The summed E-state index contributed by atoms with van der Waals surface area (Å²) in [6.07, 6.45) is 2.95. The van der Waals surface area contributed by atoms with Crippen molar-refractivity contribution in [1.29, 1.82) is 0 Å². The van der Waals surface area contributed by atoms with Crippen LogP contribution in [0.3, 0.4) is 0 Å².